The molecule has 5 nitrogen and oxygen atoms in total. The number of para-hydroxylation sites is 2. The third-order valence-corrected chi connectivity index (χ3v) is 4.80. The first kappa shape index (κ1) is 16.3. The zero-order valence-corrected chi connectivity index (χ0v) is 13.8. The lowest BCUT2D eigenvalue weighted by molar-refractivity contribution is -0.128. The molecule has 0 bridgehead atoms. The van der Waals surface area contributed by atoms with Gasteiger partial charge in [0.15, 0.2) is 6.04 Å². The predicted molar refractivity (Wildman–Crippen MR) is 91.8 cm³/mol. The minimum absolute atomic E-state index is 0. The third-order valence-electron chi connectivity index (χ3n) is 4.80. The van der Waals surface area contributed by atoms with Crippen molar-refractivity contribution in [2.45, 2.75) is 31.7 Å². The number of amides is 2. The summed E-state index contributed by atoms with van der Waals surface area (Å²) in [5.74, 6) is 0.578. The number of benzene rings is 1. The second kappa shape index (κ2) is 6.13. The summed E-state index contributed by atoms with van der Waals surface area (Å²) in [5, 5.41) is 0. The van der Waals surface area contributed by atoms with E-state index in [1.165, 1.54) is 0 Å². The fourth-order valence-electron chi connectivity index (χ4n) is 3.09. The molecule has 1 aromatic carbocycles. The molecule has 1 aliphatic heterocycles. The van der Waals surface area contributed by atoms with Gasteiger partial charge in [-0.2, -0.15) is 0 Å². The standard InChI is InChI=1S/C17H21N3O2.ClH/c18-15-16(21)19(9-11-5-6-11)13-3-1-2-4-14(13)20(17(15)22)10-12-7-8-12;/h1-4,11-12,15H,5-10,18H2;1H. The van der Waals surface area contributed by atoms with Gasteiger partial charge in [0.1, 0.15) is 0 Å². The molecule has 2 amide bonds. The van der Waals surface area contributed by atoms with Crippen molar-refractivity contribution in [1.29, 1.82) is 0 Å². The van der Waals surface area contributed by atoms with Gasteiger partial charge in [-0.05, 0) is 49.7 Å². The smallest absolute Gasteiger partial charge is 0.253 e. The Hall–Kier alpha value is -1.59. The number of fused-ring (bicyclic) bond motifs is 1. The molecular formula is C17H22ClN3O2. The van der Waals surface area contributed by atoms with Gasteiger partial charge in [0.25, 0.3) is 11.8 Å². The Kier molecular flexibility index (Phi) is 4.34. The van der Waals surface area contributed by atoms with E-state index in [9.17, 15) is 9.59 Å². The van der Waals surface area contributed by atoms with Crippen LogP contribution in [0.1, 0.15) is 25.7 Å². The van der Waals surface area contributed by atoms with Crippen LogP contribution in [0.2, 0.25) is 0 Å². The molecule has 0 unspecified atom stereocenters. The summed E-state index contributed by atoms with van der Waals surface area (Å²) in [4.78, 5) is 28.8. The van der Waals surface area contributed by atoms with Gasteiger partial charge in [0.2, 0.25) is 0 Å². The van der Waals surface area contributed by atoms with Crippen molar-refractivity contribution in [2.24, 2.45) is 17.6 Å². The molecule has 4 rings (SSSR count). The van der Waals surface area contributed by atoms with Crippen LogP contribution in [0, 0.1) is 11.8 Å². The number of halogens is 1. The SMILES string of the molecule is Cl.NC1C(=O)N(CC2CC2)c2ccccc2N(CC2CC2)C1=O. The van der Waals surface area contributed by atoms with Gasteiger partial charge in [-0.3, -0.25) is 9.59 Å². The van der Waals surface area contributed by atoms with Crippen LogP contribution in [-0.4, -0.2) is 30.9 Å². The number of hydrogen-bond acceptors (Lipinski definition) is 3. The Morgan fingerprint density at radius 2 is 1.26 bits per heavy atom. The quantitative estimate of drug-likeness (QED) is 0.855. The lowest BCUT2D eigenvalue weighted by Gasteiger charge is -2.25. The monoisotopic (exact) mass is 335 g/mol. The van der Waals surface area contributed by atoms with Crippen LogP contribution in [0.5, 0.6) is 0 Å². The zero-order chi connectivity index (χ0) is 15.3. The Balaban J connectivity index is 0.00000156. The molecule has 3 aliphatic rings. The molecule has 0 radical (unpaired) electrons. The van der Waals surface area contributed by atoms with Gasteiger partial charge in [0, 0.05) is 13.1 Å². The highest BCUT2D eigenvalue weighted by molar-refractivity contribution is 6.20. The van der Waals surface area contributed by atoms with Gasteiger partial charge >= 0.3 is 0 Å². The van der Waals surface area contributed by atoms with Gasteiger partial charge in [-0.15, -0.1) is 12.4 Å². The lowest BCUT2D eigenvalue weighted by Crippen LogP contribution is -2.52. The van der Waals surface area contributed by atoms with E-state index in [4.69, 9.17) is 5.73 Å². The first-order valence-corrected chi connectivity index (χ1v) is 8.12. The molecule has 23 heavy (non-hydrogen) atoms. The van der Waals surface area contributed by atoms with Crippen molar-refractivity contribution in [1.82, 2.24) is 0 Å². The van der Waals surface area contributed by atoms with Gasteiger partial charge in [-0.25, -0.2) is 0 Å². The van der Waals surface area contributed by atoms with E-state index in [0.29, 0.717) is 24.9 Å². The summed E-state index contributed by atoms with van der Waals surface area (Å²) in [6, 6.07) is 6.62. The van der Waals surface area contributed by atoms with Crippen LogP contribution in [0.3, 0.4) is 0 Å². The molecule has 0 spiro atoms. The molecule has 0 saturated heterocycles. The van der Waals surface area contributed by atoms with Crippen LogP contribution in [-0.2, 0) is 9.59 Å². The van der Waals surface area contributed by atoms with Crippen LogP contribution < -0.4 is 15.5 Å². The van der Waals surface area contributed by atoms with E-state index in [2.05, 4.69) is 0 Å². The minimum Gasteiger partial charge on any atom is -0.312 e. The molecule has 2 saturated carbocycles. The Morgan fingerprint density at radius 3 is 1.61 bits per heavy atom. The van der Waals surface area contributed by atoms with Crippen molar-refractivity contribution >= 4 is 35.6 Å². The van der Waals surface area contributed by atoms with E-state index >= 15 is 0 Å². The zero-order valence-electron chi connectivity index (χ0n) is 13.0. The van der Waals surface area contributed by atoms with Crippen molar-refractivity contribution in [2.75, 3.05) is 22.9 Å². The molecule has 1 heterocycles. The van der Waals surface area contributed by atoms with E-state index in [-0.39, 0.29) is 24.2 Å². The van der Waals surface area contributed by atoms with Crippen molar-refractivity contribution in [3.8, 4) is 0 Å². The maximum absolute atomic E-state index is 12.7. The number of nitrogens with zero attached hydrogens (tertiary/aromatic N) is 2. The number of nitrogens with two attached hydrogens (primary N) is 1. The summed E-state index contributed by atoms with van der Waals surface area (Å²) in [7, 11) is 0. The Morgan fingerprint density at radius 1 is 0.870 bits per heavy atom. The van der Waals surface area contributed by atoms with Crippen LogP contribution in [0.15, 0.2) is 24.3 Å². The molecule has 124 valence electrons. The lowest BCUT2D eigenvalue weighted by atomic mass is 10.2. The number of carbonyl (C=O) groups is 2. The molecule has 0 aromatic heterocycles. The van der Waals surface area contributed by atoms with E-state index < -0.39 is 6.04 Å². The van der Waals surface area contributed by atoms with Crippen LogP contribution >= 0.6 is 12.4 Å². The summed E-state index contributed by atoms with van der Waals surface area (Å²) in [6.07, 6.45) is 4.61. The highest BCUT2D eigenvalue weighted by Crippen LogP contribution is 2.39. The van der Waals surface area contributed by atoms with Gasteiger partial charge in [0.05, 0.1) is 11.4 Å². The maximum atomic E-state index is 12.7. The molecular weight excluding hydrogens is 314 g/mol. The van der Waals surface area contributed by atoms with Crippen LogP contribution in [0.4, 0.5) is 11.4 Å². The number of hydrogen-bond donors (Lipinski definition) is 1. The average Bonchev–Trinajstić information content (AvgIpc) is 3.43. The molecule has 6 heteroatoms. The fraction of sp³-hybridized carbons (Fsp3) is 0.529. The summed E-state index contributed by atoms with van der Waals surface area (Å²) in [5.41, 5.74) is 7.66. The molecule has 0 atom stereocenters. The second-order valence-electron chi connectivity index (χ2n) is 6.75. The van der Waals surface area contributed by atoms with E-state index in [0.717, 1.165) is 37.1 Å². The van der Waals surface area contributed by atoms with E-state index in [1.54, 1.807) is 9.80 Å². The summed E-state index contributed by atoms with van der Waals surface area (Å²) >= 11 is 0. The average molecular weight is 336 g/mol. The molecule has 1 aromatic rings. The largest absolute Gasteiger partial charge is 0.312 e. The van der Waals surface area contributed by atoms with E-state index in [1.807, 2.05) is 24.3 Å². The predicted octanol–water partition coefficient (Wildman–Crippen LogP) is 1.94. The first-order valence-electron chi connectivity index (χ1n) is 8.12. The summed E-state index contributed by atoms with van der Waals surface area (Å²) in [6.45, 7) is 1.35. The first-order chi connectivity index (χ1) is 10.6. The molecule has 2 N–H and O–H groups in total. The maximum Gasteiger partial charge on any atom is 0.253 e. The Bertz CT molecular complexity index is 575. The van der Waals surface area contributed by atoms with Crippen molar-refractivity contribution in [3.05, 3.63) is 24.3 Å². The third kappa shape index (κ3) is 3.08. The van der Waals surface area contributed by atoms with Crippen LogP contribution in [0.25, 0.3) is 0 Å². The van der Waals surface area contributed by atoms with Gasteiger partial charge < -0.3 is 15.5 Å². The molecule has 2 aliphatic carbocycles. The number of carbonyl (C=O) groups excluding carboxylic acids is 2. The molecule has 2 fully saturated rings. The Labute approximate surface area is 142 Å². The highest BCUT2D eigenvalue weighted by Gasteiger charge is 2.41. The van der Waals surface area contributed by atoms with Gasteiger partial charge in [-0.1, -0.05) is 12.1 Å². The fourth-order valence-corrected chi connectivity index (χ4v) is 3.09. The number of rotatable bonds is 4. The van der Waals surface area contributed by atoms with Crippen molar-refractivity contribution in [3.63, 3.8) is 0 Å². The topological polar surface area (TPSA) is 66.6 Å². The second-order valence-corrected chi connectivity index (χ2v) is 6.75. The highest BCUT2D eigenvalue weighted by atomic mass is 35.5. The summed E-state index contributed by atoms with van der Waals surface area (Å²) < 4.78 is 0. The normalized spacial score (nSPS) is 21.8. The van der Waals surface area contributed by atoms with Crippen molar-refractivity contribution < 1.29 is 9.59 Å². The minimum atomic E-state index is -1.08. The number of anilines is 2.